The molecule has 35 heavy (non-hydrogen) atoms. The molecule has 11 N–H and O–H groups in total. The molecule has 0 aromatic heterocycles. The summed E-state index contributed by atoms with van der Waals surface area (Å²) in [5.41, 5.74) is 16.1. The van der Waals surface area contributed by atoms with Gasteiger partial charge in [0.15, 0.2) is 0 Å². The average molecular weight is 521 g/mol. The van der Waals surface area contributed by atoms with Gasteiger partial charge < -0.3 is 43.4 Å². The summed E-state index contributed by atoms with van der Waals surface area (Å²) < 4.78 is 0. The van der Waals surface area contributed by atoms with Gasteiger partial charge in [0.05, 0.1) is 12.5 Å². The standard InChI is InChI=1S/C20H36N6O8S/c1-35-9-7-13(19(32)26-14(20(33)34)5-6-15(23)27)25-18(31)12(4-2-3-8-21)24-17(30)11(22)10-16(28)29/h11-14H,2-10,21-22H2,1H3,(H2,23,27)(H,24,30)(H,25,31)(H,26,32)(H,28,29)(H,33,34). The van der Waals surface area contributed by atoms with Crippen molar-refractivity contribution < 1.29 is 39.0 Å². The highest BCUT2D eigenvalue weighted by molar-refractivity contribution is 7.98. The van der Waals surface area contributed by atoms with Crippen LogP contribution in [0.3, 0.4) is 0 Å². The van der Waals surface area contributed by atoms with E-state index in [2.05, 4.69) is 16.0 Å². The van der Waals surface area contributed by atoms with E-state index in [-0.39, 0.29) is 25.7 Å². The molecule has 0 aromatic rings. The van der Waals surface area contributed by atoms with Gasteiger partial charge in [0, 0.05) is 6.42 Å². The SMILES string of the molecule is CSCCC(NC(=O)C(CCCCN)NC(=O)C(N)CC(=O)O)C(=O)NC(CCC(N)=O)C(=O)O. The third-order valence-electron chi connectivity index (χ3n) is 4.85. The zero-order chi connectivity index (χ0) is 27.0. The summed E-state index contributed by atoms with van der Waals surface area (Å²) in [6, 6.07) is -5.03. The zero-order valence-corrected chi connectivity index (χ0v) is 20.5. The zero-order valence-electron chi connectivity index (χ0n) is 19.7. The molecule has 0 rings (SSSR count). The van der Waals surface area contributed by atoms with Crippen LogP contribution in [0.5, 0.6) is 0 Å². The Balaban J connectivity index is 5.48. The molecule has 4 atom stereocenters. The smallest absolute Gasteiger partial charge is 0.326 e. The van der Waals surface area contributed by atoms with E-state index in [9.17, 15) is 33.9 Å². The van der Waals surface area contributed by atoms with Gasteiger partial charge in [0.25, 0.3) is 0 Å². The number of amides is 4. The third-order valence-corrected chi connectivity index (χ3v) is 5.49. The van der Waals surface area contributed by atoms with Crippen molar-refractivity contribution in [3.05, 3.63) is 0 Å². The molecule has 4 unspecified atom stereocenters. The van der Waals surface area contributed by atoms with Gasteiger partial charge in [-0.1, -0.05) is 0 Å². The maximum atomic E-state index is 13.0. The molecule has 0 aliphatic carbocycles. The number of hydrogen-bond acceptors (Lipinski definition) is 9. The topological polar surface area (TPSA) is 257 Å². The fraction of sp³-hybridized carbons (Fsp3) is 0.700. The molecule has 14 nitrogen and oxygen atoms in total. The Labute approximate surface area is 207 Å². The van der Waals surface area contributed by atoms with Crippen LogP contribution in [0.4, 0.5) is 0 Å². The van der Waals surface area contributed by atoms with Crippen molar-refractivity contribution in [3.8, 4) is 0 Å². The van der Waals surface area contributed by atoms with E-state index in [0.717, 1.165) is 0 Å². The number of hydrogen-bond donors (Lipinski definition) is 8. The number of carbonyl (C=O) groups is 6. The van der Waals surface area contributed by atoms with Crippen molar-refractivity contribution in [1.82, 2.24) is 16.0 Å². The lowest BCUT2D eigenvalue weighted by atomic mass is 10.1. The maximum Gasteiger partial charge on any atom is 0.326 e. The van der Waals surface area contributed by atoms with Crippen LogP contribution in [-0.4, -0.2) is 88.5 Å². The summed E-state index contributed by atoms with van der Waals surface area (Å²) in [7, 11) is 0. The van der Waals surface area contributed by atoms with Crippen molar-refractivity contribution in [2.24, 2.45) is 17.2 Å². The molecule has 0 heterocycles. The van der Waals surface area contributed by atoms with Crippen LogP contribution in [0.15, 0.2) is 0 Å². The molecule has 4 amide bonds. The second-order valence-corrected chi connectivity index (χ2v) is 8.78. The molecule has 0 bridgehead atoms. The highest BCUT2D eigenvalue weighted by Gasteiger charge is 2.30. The molecule has 0 radical (unpaired) electrons. The molecule has 0 saturated heterocycles. The highest BCUT2D eigenvalue weighted by Crippen LogP contribution is 2.07. The van der Waals surface area contributed by atoms with Gasteiger partial charge in [-0.15, -0.1) is 0 Å². The van der Waals surface area contributed by atoms with E-state index in [1.165, 1.54) is 11.8 Å². The second kappa shape index (κ2) is 17.5. The lowest BCUT2D eigenvalue weighted by molar-refractivity contribution is -0.142. The highest BCUT2D eigenvalue weighted by atomic mass is 32.2. The lowest BCUT2D eigenvalue weighted by Gasteiger charge is -2.25. The normalized spacial score (nSPS) is 14.1. The molecule has 200 valence electrons. The van der Waals surface area contributed by atoms with Crippen LogP contribution in [0, 0.1) is 0 Å². The lowest BCUT2D eigenvalue weighted by Crippen LogP contribution is -2.57. The summed E-state index contributed by atoms with van der Waals surface area (Å²) in [5.74, 6) is -5.27. The fourth-order valence-electron chi connectivity index (χ4n) is 2.91. The summed E-state index contributed by atoms with van der Waals surface area (Å²) in [6.45, 7) is 0.349. The van der Waals surface area contributed by atoms with Crippen LogP contribution in [0.25, 0.3) is 0 Å². The third kappa shape index (κ3) is 14.2. The van der Waals surface area contributed by atoms with E-state index in [1.54, 1.807) is 6.26 Å². The van der Waals surface area contributed by atoms with E-state index in [4.69, 9.17) is 22.3 Å². The number of thioether (sulfide) groups is 1. The summed E-state index contributed by atoms with van der Waals surface area (Å²) in [4.78, 5) is 71.3. The van der Waals surface area contributed by atoms with Crippen molar-refractivity contribution in [1.29, 1.82) is 0 Å². The first kappa shape index (κ1) is 32.1. The van der Waals surface area contributed by atoms with Gasteiger partial charge in [0.2, 0.25) is 23.6 Å². The van der Waals surface area contributed by atoms with E-state index >= 15 is 0 Å². The Morgan fingerprint density at radius 1 is 0.829 bits per heavy atom. The molecule has 0 aromatic carbocycles. The Bertz CT molecular complexity index is 753. The number of nitrogens with one attached hydrogen (secondary N) is 3. The molecule has 0 fully saturated rings. The molecular formula is C20H36N6O8S. The van der Waals surface area contributed by atoms with E-state index < -0.39 is 66.2 Å². The van der Waals surface area contributed by atoms with Crippen molar-refractivity contribution in [2.45, 2.75) is 69.1 Å². The number of unbranched alkanes of at least 4 members (excludes halogenated alkanes) is 1. The van der Waals surface area contributed by atoms with Gasteiger partial charge in [0.1, 0.15) is 18.1 Å². The summed E-state index contributed by atoms with van der Waals surface area (Å²) in [6.07, 6.45) is 1.98. The molecule has 0 saturated carbocycles. The van der Waals surface area contributed by atoms with E-state index in [0.29, 0.717) is 25.1 Å². The van der Waals surface area contributed by atoms with Gasteiger partial charge in [-0.05, 0) is 50.7 Å². The number of aliphatic carboxylic acids is 2. The van der Waals surface area contributed by atoms with Gasteiger partial charge in [-0.25, -0.2) is 4.79 Å². The molecule has 15 heteroatoms. The average Bonchev–Trinajstić information content (AvgIpc) is 2.77. The second-order valence-electron chi connectivity index (χ2n) is 7.80. The molecular weight excluding hydrogens is 484 g/mol. The van der Waals surface area contributed by atoms with E-state index in [1.807, 2.05) is 0 Å². The Morgan fingerprint density at radius 3 is 1.86 bits per heavy atom. The first-order valence-electron chi connectivity index (χ1n) is 11.0. The fourth-order valence-corrected chi connectivity index (χ4v) is 3.39. The number of carboxylic acid groups (broad SMARTS) is 2. The quantitative estimate of drug-likeness (QED) is 0.0824. The van der Waals surface area contributed by atoms with Crippen LogP contribution in [0.2, 0.25) is 0 Å². The number of nitrogens with two attached hydrogens (primary N) is 3. The Kier molecular flexibility index (Phi) is 16.1. The minimum atomic E-state index is -1.39. The largest absolute Gasteiger partial charge is 0.481 e. The van der Waals surface area contributed by atoms with Gasteiger partial charge >= 0.3 is 11.9 Å². The molecule has 0 aliphatic rings. The predicted molar refractivity (Wildman–Crippen MR) is 128 cm³/mol. The number of carbonyl (C=O) groups excluding carboxylic acids is 4. The first-order chi connectivity index (χ1) is 16.4. The van der Waals surface area contributed by atoms with Crippen molar-refractivity contribution in [3.63, 3.8) is 0 Å². The Hall–Kier alpha value is -2.91. The van der Waals surface area contributed by atoms with Crippen LogP contribution in [-0.2, 0) is 28.8 Å². The minimum Gasteiger partial charge on any atom is -0.481 e. The van der Waals surface area contributed by atoms with Crippen molar-refractivity contribution in [2.75, 3.05) is 18.6 Å². The first-order valence-corrected chi connectivity index (χ1v) is 12.4. The number of rotatable bonds is 19. The predicted octanol–water partition coefficient (Wildman–Crippen LogP) is -2.52. The molecule has 0 aliphatic heterocycles. The van der Waals surface area contributed by atoms with Crippen LogP contribution >= 0.6 is 11.8 Å². The Morgan fingerprint density at radius 2 is 1.37 bits per heavy atom. The van der Waals surface area contributed by atoms with Crippen LogP contribution in [0.1, 0.15) is 44.9 Å². The number of primary amides is 1. The summed E-state index contributed by atoms with van der Waals surface area (Å²) >= 11 is 1.39. The van der Waals surface area contributed by atoms with Crippen LogP contribution < -0.4 is 33.2 Å². The van der Waals surface area contributed by atoms with Gasteiger partial charge in [-0.3, -0.25) is 24.0 Å². The minimum absolute atomic E-state index is 0.155. The molecule has 0 spiro atoms. The summed E-state index contributed by atoms with van der Waals surface area (Å²) in [5, 5.41) is 25.4. The van der Waals surface area contributed by atoms with Crippen molar-refractivity contribution >= 4 is 47.3 Å². The number of carboxylic acids is 2. The monoisotopic (exact) mass is 520 g/mol. The maximum absolute atomic E-state index is 13.0. The van der Waals surface area contributed by atoms with Gasteiger partial charge in [-0.2, -0.15) is 11.8 Å².